The van der Waals surface area contributed by atoms with Gasteiger partial charge < -0.3 is 14.7 Å². The minimum absolute atomic E-state index is 0.0592. The standard InChI is InChI=1S/C70H70BN3/c1-67(2,3)54-35-19-21-41-60(54)73-62-45-53(72(51-33-23-31-49(43-51)47-27-15-13-16-28-47)52-34-24-32-50(44-52)48-29-17-14-18-30-48)46-63-64(62)71(58-39-25-37-56(65(58)73)69(7,8)9)59-40-26-38-57(70(10,11)12)66(59)74(63)61-42-22-20-36-55(61)68(4,5)6/h13-46H,1-12H3. The second-order valence-corrected chi connectivity index (χ2v) is 24.7. The molecule has 0 N–H and O–H groups in total. The fraction of sp³-hybridized carbons (Fsp3) is 0.229. The molecule has 0 atom stereocenters. The van der Waals surface area contributed by atoms with E-state index >= 15 is 0 Å². The van der Waals surface area contributed by atoms with Gasteiger partial charge in [0.1, 0.15) is 0 Å². The zero-order chi connectivity index (χ0) is 51.9. The van der Waals surface area contributed by atoms with Gasteiger partial charge in [0.25, 0.3) is 6.71 Å². The molecule has 0 spiro atoms. The molecule has 0 radical (unpaired) electrons. The zero-order valence-electron chi connectivity index (χ0n) is 45.5. The number of nitrogens with zero attached hydrogens (tertiary/aromatic N) is 3. The fourth-order valence-electron chi connectivity index (χ4n) is 11.9. The SMILES string of the molecule is CC(C)(C)c1ccccc1N1c2cc(N(c3cccc(-c4ccccc4)c3)c3cccc(-c4ccccc4)c3)cc3c2B(c2cccc(C(C)(C)C)c21)c1cccc(C(C)(C)C)c1N3c1ccccc1C(C)(C)C. The molecule has 0 saturated heterocycles. The number of benzene rings is 9. The molecule has 0 unspecified atom stereocenters. The van der Waals surface area contributed by atoms with Crippen molar-refractivity contribution < 1.29 is 0 Å². The molecule has 0 aromatic heterocycles. The summed E-state index contributed by atoms with van der Waals surface area (Å²) in [6.45, 7) is 28.4. The maximum absolute atomic E-state index is 2.68. The van der Waals surface area contributed by atoms with Crippen molar-refractivity contribution in [2.45, 2.75) is 105 Å². The van der Waals surface area contributed by atoms with E-state index in [9.17, 15) is 0 Å². The maximum atomic E-state index is 2.68. The molecular weight excluding hydrogens is 894 g/mol. The maximum Gasteiger partial charge on any atom is 0.252 e. The van der Waals surface area contributed by atoms with Crippen LogP contribution in [0.2, 0.25) is 0 Å². The molecule has 2 aliphatic heterocycles. The average molecular weight is 964 g/mol. The van der Waals surface area contributed by atoms with E-state index in [1.807, 2.05) is 0 Å². The lowest BCUT2D eigenvalue weighted by molar-refractivity contribution is 0.587. The van der Waals surface area contributed by atoms with Crippen molar-refractivity contribution in [1.82, 2.24) is 0 Å². The van der Waals surface area contributed by atoms with Crippen LogP contribution < -0.4 is 31.1 Å². The fourth-order valence-corrected chi connectivity index (χ4v) is 11.9. The second kappa shape index (κ2) is 18.1. The highest BCUT2D eigenvalue weighted by atomic mass is 15.2. The first-order chi connectivity index (χ1) is 35.3. The van der Waals surface area contributed by atoms with Crippen molar-refractivity contribution in [2.75, 3.05) is 14.7 Å². The third-order valence-corrected chi connectivity index (χ3v) is 15.3. The molecule has 11 rings (SSSR count). The summed E-state index contributed by atoms with van der Waals surface area (Å²) < 4.78 is 0. The Labute approximate surface area is 442 Å². The van der Waals surface area contributed by atoms with Crippen LogP contribution in [0.15, 0.2) is 206 Å². The van der Waals surface area contributed by atoms with E-state index < -0.39 is 0 Å². The average Bonchev–Trinajstić information content (AvgIpc) is 3.38. The van der Waals surface area contributed by atoms with Gasteiger partial charge in [-0.15, -0.1) is 0 Å². The van der Waals surface area contributed by atoms with Gasteiger partial charge in [-0.05, 0) is 131 Å². The van der Waals surface area contributed by atoms with Crippen LogP contribution in [0.3, 0.4) is 0 Å². The van der Waals surface area contributed by atoms with E-state index in [0.717, 1.165) is 17.1 Å². The summed E-state index contributed by atoms with van der Waals surface area (Å²) in [7, 11) is 0. The molecule has 0 bridgehead atoms. The normalized spacial score (nSPS) is 13.3. The molecule has 9 aromatic rings. The first kappa shape index (κ1) is 48.7. The van der Waals surface area contributed by atoms with Crippen molar-refractivity contribution in [3.8, 4) is 22.3 Å². The number of anilines is 9. The summed E-state index contributed by atoms with van der Waals surface area (Å²) in [5, 5.41) is 0. The molecule has 4 heteroatoms. The van der Waals surface area contributed by atoms with E-state index in [1.165, 1.54) is 95.0 Å². The molecule has 3 nitrogen and oxygen atoms in total. The summed E-state index contributed by atoms with van der Waals surface area (Å²) in [5.41, 5.74) is 23.9. The Morgan fingerprint density at radius 3 is 1.03 bits per heavy atom. The molecule has 368 valence electrons. The van der Waals surface area contributed by atoms with Crippen molar-refractivity contribution in [1.29, 1.82) is 0 Å². The van der Waals surface area contributed by atoms with Crippen LogP contribution in [0, 0.1) is 0 Å². The Morgan fingerprint density at radius 1 is 0.297 bits per heavy atom. The third-order valence-electron chi connectivity index (χ3n) is 15.3. The van der Waals surface area contributed by atoms with Gasteiger partial charge in [-0.3, -0.25) is 0 Å². The number of fused-ring (bicyclic) bond motifs is 4. The van der Waals surface area contributed by atoms with Gasteiger partial charge >= 0.3 is 0 Å². The van der Waals surface area contributed by atoms with Crippen molar-refractivity contribution >= 4 is 74.3 Å². The topological polar surface area (TPSA) is 9.72 Å². The zero-order valence-corrected chi connectivity index (χ0v) is 45.5. The largest absolute Gasteiger partial charge is 0.311 e. The molecular formula is C70H70BN3. The molecule has 0 amide bonds. The summed E-state index contributed by atoms with van der Waals surface area (Å²) in [5.74, 6) is 0. The van der Waals surface area contributed by atoms with E-state index in [-0.39, 0.29) is 28.4 Å². The predicted octanol–water partition coefficient (Wildman–Crippen LogP) is 17.8. The van der Waals surface area contributed by atoms with Crippen LogP contribution >= 0.6 is 0 Å². The van der Waals surface area contributed by atoms with Gasteiger partial charge in [0, 0.05) is 45.5 Å². The molecule has 2 heterocycles. The Morgan fingerprint density at radius 2 is 0.635 bits per heavy atom. The first-order valence-electron chi connectivity index (χ1n) is 26.6. The van der Waals surface area contributed by atoms with Crippen molar-refractivity contribution in [3.05, 3.63) is 229 Å². The van der Waals surface area contributed by atoms with Crippen LogP contribution in [-0.2, 0) is 21.7 Å². The van der Waals surface area contributed by atoms with Crippen LogP contribution in [0.4, 0.5) is 51.2 Å². The summed E-state index contributed by atoms with van der Waals surface area (Å²) >= 11 is 0. The van der Waals surface area contributed by atoms with Gasteiger partial charge in [0.15, 0.2) is 0 Å². The number of hydrogen-bond donors (Lipinski definition) is 0. The minimum atomic E-state index is -0.178. The lowest BCUT2D eigenvalue weighted by Gasteiger charge is -2.48. The molecule has 2 aliphatic rings. The van der Waals surface area contributed by atoms with Crippen molar-refractivity contribution in [3.63, 3.8) is 0 Å². The summed E-state index contributed by atoms with van der Waals surface area (Å²) in [4.78, 5) is 7.88. The Hall–Kier alpha value is -7.56. The Bertz CT molecular complexity index is 3330. The third kappa shape index (κ3) is 8.52. The lowest BCUT2D eigenvalue weighted by atomic mass is 9.33. The van der Waals surface area contributed by atoms with E-state index in [2.05, 4.69) is 304 Å². The van der Waals surface area contributed by atoms with Crippen LogP contribution in [0.1, 0.15) is 105 Å². The summed E-state index contributed by atoms with van der Waals surface area (Å²) in [6.07, 6.45) is 0. The van der Waals surface area contributed by atoms with E-state index in [0.29, 0.717) is 0 Å². The minimum Gasteiger partial charge on any atom is -0.311 e. The van der Waals surface area contributed by atoms with Gasteiger partial charge in [0.05, 0.1) is 5.69 Å². The monoisotopic (exact) mass is 964 g/mol. The second-order valence-electron chi connectivity index (χ2n) is 24.7. The smallest absolute Gasteiger partial charge is 0.252 e. The molecule has 0 saturated carbocycles. The first-order valence-corrected chi connectivity index (χ1v) is 26.6. The van der Waals surface area contributed by atoms with Crippen LogP contribution in [0.5, 0.6) is 0 Å². The number of rotatable bonds is 7. The molecule has 9 aromatic carbocycles. The Kier molecular flexibility index (Phi) is 11.9. The van der Waals surface area contributed by atoms with E-state index in [1.54, 1.807) is 0 Å². The highest BCUT2D eigenvalue weighted by Gasteiger charge is 2.47. The number of para-hydroxylation sites is 4. The molecule has 74 heavy (non-hydrogen) atoms. The van der Waals surface area contributed by atoms with Crippen LogP contribution in [-0.4, -0.2) is 6.71 Å². The van der Waals surface area contributed by atoms with Gasteiger partial charge in [0.2, 0.25) is 0 Å². The lowest BCUT2D eigenvalue weighted by Crippen LogP contribution is -2.62. The highest BCUT2D eigenvalue weighted by molar-refractivity contribution is 7.00. The van der Waals surface area contributed by atoms with Gasteiger partial charge in [-0.2, -0.15) is 0 Å². The van der Waals surface area contributed by atoms with Gasteiger partial charge in [-0.1, -0.05) is 241 Å². The Balaban J connectivity index is 1.34. The van der Waals surface area contributed by atoms with Gasteiger partial charge in [-0.25, -0.2) is 0 Å². The van der Waals surface area contributed by atoms with E-state index in [4.69, 9.17) is 0 Å². The number of hydrogen-bond acceptors (Lipinski definition) is 3. The molecule has 0 fully saturated rings. The molecule has 0 aliphatic carbocycles. The predicted molar refractivity (Wildman–Crippen MR) is 321 cm³/mol. The summed E-state index contributed by atoms with van der Waals surface area (Å²) in [6, 6.07) is 77.5. The highest BCUT2D eigenvalue weighted by Crippen LogP contribution is 2.53. The van der Waals surface area contributed by atoms with Crippen LogP contribution in [0.25, 0.3) is 22.3 Å². The quantitative estimate of drug-likeness (QED) is 0.147. The van der Waals surface area contributed by atoms with Crippen molar-refractivity contribution in [2.24, 2.45) is 0 Å².